The van der Waals surface area contributed by atoms with Crippen LogP contribution in [-0.2, 0) is 0 Å². The number of aromatic nitrogens is 1. The lowest BCUT2D eigenvalue weighted by Crippen LogP contribution is -2.32. The molecule has 0 amide bonds. The van der Waals surface area contributed by atoms with Crippen molar-refractivity contribution in [3.8, 4) is 0 Å². The average molecular weight is 455 g/mol. The van der Waals surface area contributed by atoms with Crippen molar-refractivity contribution in [3.63, 3.8) is 0 Å². The fourth-order valence-electron chi connectivity index (χ4n) is 3.03. The molecule has 0 saturated heterocycles. The molecule has 1 saturated carbocycles. The van der Waals surface area contributed by atoms with Crippen LogP contribution in [0.4, 0.5) is 6.01 Å². The van der Waals surface area contributed by atoms with Gasteiger partial charge < -0.3 is 10.2 Å². The zero-order chi connectivity index (χ0) is 19.5. The Bertz CT molecular complexity index is 997. The molecule has 0 unspecified atom stereocenters. The van der Waals surface area contributed by atoms with E-state index in [-0.39, 0.29) is 5.11 Å². The molecule has 2 aromatic carbocycles. The van der Waals surface area contributed by atoms with Gasteiger partial charge in [-0.1, -0.05) is 64.8 Å². The fraction of sp³-hybridized carbons (Fsp3) is 0.190. The number of hydrazone groups is 1. The molecule has 0 spiro atoms. The molecule has 142 valence electrons. The quantitative estimate of drug-likeness (QED) is 0.325. The Hall–Kier alpha value is -2.51. The maximum Gasteiger partial charge on any atom is 0.325 e. The second kappa shape index (κ2) is 8.24. The van der Waals surface area contributed by atoms with Gasteiger partial charge in [-0.3, -0.25) is 0 Å². The van der Waals surface area contributed by atoms with E-state index in [0.717, 1.165) is 39.9 Å². The van der Waals surface area contributed by atoms with Gasteiger partial charge in [0, 0.05) is 21.5 Å². The van der Waals surface area contributed by atoms with Crippen molar-refractivity contribution in [2.45, 2.75) is 25.2 Å². The van der Waals surface area contributed by atoms with Crippen LogP contribution in [0.2, 0.25) is 0 Å². The zero-order valence-corrected chi connectivity index (χ0v) is 17.5. The lowest BCUT2D eigenvalue weighted by Gasteiger charge is -2.22. The first-order valence-corrected chi connectivity index (χ1v) is 10.3. The normalized spacial score (nSPS) is 14.5. The van der Waals surface area contributed by atoms with E-state index >= 15 is 0 Å². The first-order valence-electron chi connectivity index (χ1n) is 9.07. The van der Waals surface area contributed by atoms with Crippen LogP contribution in [0, 0.1) is 0 Å². The average Bonchev–Trinajstić information content (AvgIpc) is 3.11. The zero-order valence-electron chi connectivity index (χ0n) is 15.1. The highest BCUT2D eigenvalue weighted by Gasteiger charge is 2.25. The summed E-state index contributed by atoms with van der Waals surface area (Å²) >= 11 is 8.72. The summed E-state index contributed by atoms with van der Waals surface area (Å²) in [6.07, 6.45) is 5.22. The van der Waals surface area contributed by atoms with E-state index in [9.17, 15) is 0 Å². The number of nitrogens with zero attached hydrogens (tertiary/aromatic N) is 3. The predicted octanol–water partition coefficient (Wildman–Crippen LogP) is 5.21. The van der Waals surface area contributed by atoms with Gasteiger partial charge in [-0.05, 0) is 37.2 Å². The maximum atomic E-state index is 5.97. The topological polar surface area (TPSA) is 67.7 Å². The smallest absolute Gasteiger partial charge is 0.325 e. The molecule has 1 aromatic heterocycles. The molecule has 0 atom stereocenters. The number of hydrogen-bond donors (Lipinski definition) is 1. The molecule has 0 radical (unpaired) electrons. The number of benzene rings is 2. The molecule has 1 aliphatic carbocycles. The molecule has 1 heterocycles. The Labute approximate surface area is 177 Å². The minimum Gasteiger partial charge on any atom is -0.427 e. The second-order valence-electron chi connectivity index (χ2n) is 6.64. The van der Waals surface area contributed by atoms with Crippen molar-refractivity contribution < 1.29 is 4.42 Å². The number of nitrogens with two attached hydrogens (primary N) is 1. The molecule has 28 heavy (non-hydrogen) atoms. The number of halogens is 1. The summed E-state index contributed by atoms with van der Waals surface area (Å²) in [7, 11) is 0. The highest BCUT2D eigenvalue weighted by atomic mass is 79.9. The molecule has 1 fully saturated rings. The van der Waals surface area contributed by atoms with E-state index in [0.29, 0.717) is 11.9 Å². The van der Waals surface area contributed by atoms with E-state index in [1.165, 1.54) is 11.4 Å². The summed E-state index contributed by atoms with van der Waals surface area (Å²) in [5.41, 5.74) is 8.57. The van der Waals surface area contributed by atoms with Gasteiger partial charge in [-0.15, -0.1) is 0 Å². The first-order chi connectivity index (χ1) is 13.6. The van der Waals surface area contributed by atoms with Gasteiger partial charge in [0.1, 0.15) is 5.76 Å². The minimum atomic E-state index is 0.0764. The first kappa shape index (κ1) is 18.8. The fourth-order valence-corrected chi connectivity index (χ4v) is 3.41. The van der Waals surface area contributed by atoms with E-state index in [1.807, 2.05) is 54.6 Å². The number of rotatable bonds is 5. The van der Waals surface area contributed by atoms with Gasteiger partial charge in [0.15, 0.2) is 5.11 Å². The monoisotopic (exact) mass is 454 g/mol. The Morgan fingerprint density at radius 1 is 1.11 bits per heavy atom. The van der Waals surface area contributed by atoms with Crippen molar-refractivity contribution in [3.05, 3.63) is 82.2 Å². The summed E-state index contributed by atoms with van der Waals surface area (Å²) in [5.74, 6) is 1.29. The Balaban J connectivity index is 1.76. The summed E-state index contributed by atoms with van der Waals surface area (Å²) in [5, 5.41) is 6.21. The highest BCUT2D eigenvalue weighted by Crippen LogP contribution is 2.37. The number of hydrogen-bond acceptors (Lipinski definition) is 4. The number of anilines is 1. The summed E-state index contributed by atoms with van der Waals surface area (Å²) in [4.78, 5) is 4.37. The SMILES string of the molecule is NC(=S)N(N=C(c1ccccc1)c1ccc(Br)cc1)c1ncc(C2CCC2)o1. The Kier molecular flexibility index (Phi) is 5.54. The largest absolute Gasteiger partial charge is 0.427 e. The molecule has 3 aromatic rings. The third kappa shape index (κ3) is 4.00. The maximum absolute atomic E-state index is 5.97. The van der Waals surface area contributed by atoms with E-state index in [1.54, 1.807) is 6.20 Å². The molecular formula is C21H19BrN4OS. The van der Waals surface area contributed by atoms with Gasteiger partial charge in [0.2, 0.25) is 0 Å². The van der Waals surface area contributed by atoms with Crippen LogP contribution in [0.25, 0.3) is 0 Å². The Morgan fingerprint density at radius 3 is 2.39 bits per heavy atom. The lowest BCUT2D eigenvalue weighted by molar-refractivity contribution is 0.348. The van der Waals surface area contributed by atoms with Crippen molar-refractivity contribution in [1.29, 1.82) is 0 Å². The molecule has 2 N–H and O–H groups in total. The molecule has 4 rings (SSSR count). The van der Waals surface area contributed by atoms with Gasteiger partial charge in [-0.25, -0.2) is 0 Å². The van der Waals surface area contributed by atoms with Crippen molar-refractivity contribution in [2.24, 2.45) is 10.8 Å². The highest BCUT2D eigenvalue weighted by molar-refractivity contribution is 9.10. The molecule has 5 nitrogen and oxygen atoms in total. The van der Waals surface area contributed by atoms with Gasteiger partial charge in [-0.2, -0.15) is 15.1 Å². The van der Waals surface area contributed by atoms with Gasteiger partial charge >= 0.3 is 6.01 Å². The third-order valence-electron chi connectivity index (χ3n) is 4.77. The van der Waals surface area contributed by atoms with Gasteiger partial charge in [0.25, 0.3) is 0 Å². The van der Waals surface area contributed by atoms with Crippen molar-refractivity contribution >= 4 is 45.0 Å². The molecule has 0 aliphatic heterocycles. The second-order valence-corrected chi connectivity index (χ2v) is 7.98. The standard InChI is InChI=1S/C21H19BrN4OS/c22-17-11-9-16(10-12-17)19(15-5-2-1-3-6-15)25-26(20(23)28)21-24-13-18(27-21)14-7-4-8-14/h1-3,5-6,9-14H,4,7-8H2,(H2,23,28). The van der Waals surface area contributed by atoms with Crippen molar-refractivity contribution in [2.75, 3.05) is 5.01 Å². The lowest BCUT2D eigenvalue weighted by atomic mass is 9.84. The van der Waals surface area contributed by atoms with Gasteiger partial charge in [0.05, 0.1) is 11.9 Å². The molecule has 1 aliphatic rings. The van der Waals surface area contributed by atoms with Crippen LogP contribution < -0.4 is 10.7 Å². The van der Waals surface area contributed by atoms with Crippen LogP contribution in [0.3, 0.4) is 0 Å². The predicted molar refractivity (Wildman–Crippen MR) is 119 cm³/mol. The summed E-state index contributed by atoms with van der Waals surface area (Å²) in [6, 6.07) is 18.1. The van der Waals surface area contributed by atoms with Crippen LogP contribution in [0.15, 0.2) is 74.8 Å². The van der Waals surface area contributed by atoms with Crippen LogP contribution in [0.1, 0.15) is 42.1 Å². The molecule has 7 heteroatoms. The number of thiocarbonyl (C=S) groups is 1. The molecular weight excluding hydrogens is 436 g/mol. The van der Waals surface area contributed by atoms with E-state index in [2.05, 4.69) is 20.9 Å². The number of oxazole rings is 1. The van der Waals surface area contributed by atoms with E-state index < -0.39 is 0 Å². The van der Waals surface area contributed by atoms with Crippen LogP contribution in [-0.4, -0.2) is 15.8 Å². The minimum absolute atomic E-state index is 0.0764. The van der Waals surface area contributed by atoms with Crippen molar-refractivity contribution in [1.82, 2.24) is 4.98 Å². The van der Waals surface area contributed by atoms with E-state index in [4.69, 9.17) is 27.5 Å². The Morgan fingerprint density at radius 2 is 1.79 bits per heavy atom. The summed E-state index contributed by atoms with van der Waals surface area (Å²) in [6.45, 7) is 0. The molecule has 0 bridgehead atoms. The van der Waals surface area contributed by atoms with Crippen LogP contribution in [0.5, 0.6) is 0 Å². The van der Waals surface area contributed by atoms with Crippen LogP contribution >= 0.6 is 28.1 Å². The summed E-state index contributed by atoms with van der Waals surface area (Å²) < 4.78 is 6.93. The third-order valence-corrected chi connectivity index (χ3v) is 5.48.